The number of methoxy groups -OCH3 is 1. The molecule has 0 unspecified atom stereocenters. The number of hydrazone groups is 1. The number of ether oxygens (including phenoxy) is 1. The van der Waals surface area contributed by atoms with Crippen LogP contribution in [-0.2, 0) is 0 Å². The van der Waals surface area contributed by atoms with E-state index in [4.69, 9.17) is 45.3 Å². The highest BCUT2D eigenvalue weighted by Gasteiger charge is 2.21. The summed E-state index contributed by atoms with van der Waals surface area (Å²) in [5.41, 5.74) is 6.89. The van der Waals surface area contributed by atoms with Crippen molar-refractivity contribution in [2.24, 2.45) is 5.10 Å². The smallest absolute Gasteiger partial charge is 0.315 e. The molecule has 0 fully saturated rings. The van der Waals surface area contributed by atoms with Gasteiger partial charge in [-0.3, -0.25) is 14.9 Å². The number of nitrogens with two attached hydrogens (primary N) is 1. The second-order valence-electron chi connectivity index (χ2n) is 4.84. The first kappa shape index (κ1) is 20.5. The van der Waals surface area contributed by atoms with Gasteiger partial charge >= 0.3 is 5.69 Å². The Labute approximate surface area is 166 Å². The number of aromatic nitrogens is 1. The highest BCUT2D eigenvalue weighted by atomic mass is 35.5. The van der Waals surface area contributed by atoms with E-state index in [0.717, 1.165) is 12.3 Å². The predicted octanol–water partition coefficient (Wildman–Crippen LogP) is 3.01. The van der Waals surface area contributed by atoms with E-state index in [2.05, 4.69) is 15.5 Å². The number of nitrogens with one attached hydrogen (secondary N) is 1. The molecule has 10 nitrogen and oxygen atoms in total. The maximum Gasteiger partial charge on any atom is 0.315 e. The number of nitrogens with zero attached hydrogens (tertiary/aromatic N) is 3. The van der Waals surface area contributed by atoms with Gasteiger partial charge < -0.3 is 15.6 Å². The van der Waals surface area contributed by atoms with E-state index in [1.807, 2.05) is 0 Å². The van der Waals surface area contributed by atoms with Crippen LogP contribution in [0.25, 0.3) is 0 Å². The van der Waals surface area contributed by atoms with Crippen LogP contribution in [0.2, 0.25) is 15.2 Å². The summed E-state index contributed by atoms with van der Waals surface area (Å²) in [6, 6.07) is 2.32. The number of carbonyl (C=O) groups excluding carboxylic acids is 1. The van der Waals surface area contributed by atoms with Crippen LogP contribution in [-0.4, -0.2) is 34.2 Å². The number of benzene rings is 1. The summed E-state index contributed by atoms with van der Waals surface area (Å²) in [6.07, 6.45) is 1.08. The molecule has 0 spiro atoms. The minimum absolute atomic E-state index is 0.0924. The van der Waals surface area contributed by atoms with Gasteiger partial charge in [0.1, 0.15) is 5.02 Å². The monoisotopic (exact) mass is 433 g/mol. The first-order valence-electron chi connectivity index (χ1n) is 6.86. The molecule has 1 aromatic heterocycles. The molecule has 0 saturated heterocycles. The van der Waals surface area contributed by atoms with Crippen LogP contribution >= 0.6 is 34.8 Å². The van der Waals surface area contributed by atoms with Crippen molar-refractivity contribution in [1.82, 2.24) is 10.4 Å². The van der Waals surface area contributed by atoms with Gasteiger partial charge in [0, 0.05) is 11.6 Å². The number of nitro benzene ring substituents is 1. The van der Waals surface area contributed by atoms with Gasteiger partial charge in [-0.1, -0.05) is 34.8 Å². The third kappa shape index (κ3) is 4.30. The third-order valence-corrected chi connectivity index (χ3v) is 4.30. The zero-order valence-corrected chi connectivity index (χ0v) is 15.6. The molecule has 0 saturated carbocycles. The number of nitrogen functional groups attached to an aromatic ring is 1. The van der Waals surface area contributed by atoms with Crippen molar-refractivity contribution in [2.75, 3.05) is 12.8 Å². The number of phenols is 1. The Morgan fingerprint density at radius 3 is 2.67 bits per heavy atom. The summed E-state index contributed by atoms with van der Waals surface area (Å²) < 4.78 is 4.85. The molecule has 0 atom stereocenters. The largest absolute Gasteiger partial charge is 0.500 e. The fourth-order valence-electron chi connectivity index (χ4n) is 1.88. The lowest BCUT2D eigenvalue weighted by atomic mass is 10.2. The molecule has 4 N–H and O–H groups in total. The maximum absolute atomic E-state index is 12.1. The average Bonchev–Trinajstić information content (AvgIpc) is 2.63. The topological polar surface area (TPSA) is 153 Å². The van der Waals surface area contributed by atoms with E-state index in [1.165, 1.54) is 13.2 Å². The highest BCUT2D eigenvalue weighted by molar-refractivity contribution is 6.46. The second kappa shape index (κ2) is 8.25. The van der Waals surface area contributed by atoms with Crippen LogP contribution in [0.1, 0.15) is 16.1 Å². The highest BCUT2D eigenvalue weighted by Crippen LogP contribution is 2.36. The van der Waals surface area contributed by atoms with Gasteiger partial charge in [-0.05, 0) is 6.07 Å². The van der Waals surface area contributed by atoms with Gasteiger partial charge in [0.05, 0.1) is 29.0 Å². The summed E-state index contributed by atoms with van der Waals surface area (Å²) in [5, 5.41) is 23.8. The number of pyridine rings is 1. The number of phenolic OH excluding ortho intramolecular Hbond substituents is 1. The van der Waals surface area contributed by atoms with Gasteiger partial charge in [-0.2, -0.15) is 5.10 Å². The number of nitro groups is 1. The molecule has 1 heterocycles. The van der Waals surface area contributed by atoms with Gasteiger partial charge in [-0.25, -0.2) is 10.4 Å². The maximum atomic E-state index is 12.1. The lowest BCUT2D eigenvalue weighted by Crippen LogP contribution is -2.20. The number of hydrogen-bond acceptors (Lipinski definition) is 8. The lowest BCUT2D eigenvalue weighted by Gasteiger charge is -2.07. The molecular formula is C14H10Cl3N5O5. The van der Waals surface area contributed by atoms with E-state index in [0.29, 0.717) is 0 Å². The van der Waals surface area contributed by atoms with Crippen LogP contribution in [0.15, 0.2) is 17.2 Å². The molecule has 0 aliphatic carbocycles. The average molecular weight is 435 g/mol. The van der Waals surface area contributed by atoms with Crippen LogP contribution in [0.5, 0.6) is 11.5 Å². The molecule has 2 aromatic rings. The normalized spacial score (nSPS) is 10.8. The van der Waals surface area contributed by atoms with Crippen LogP contribution in [0, 0.1) is 10.1 Å². The van der Waals surface area contributed by atoms with Crippen molar-refractivity contribution in [3.63, 3.8) is 0 Å². The number of anilines is 1. The molecule has 27 heavy (non-hydrogen) atoms. The van der Waals surface area contributed by atoms with E-state index >= 15 is 0 Å². The Balaban J connectivity index is 2.27. The molecular weight excluding hydrogens is 425 g/mol. The quantitative estimate of drug-likeness (QED) is 0.283. The van der Waals surface area contributed by atoms with Gasteiger partial charge in [0.25, 0.3) is 5.91 Å². The fourth-order valence-corrected chi connectivity index (χ4v) is 2.48. The van der Waals surface area contributed by atoms with Crippen LogP contribution in [0.3, 0.4) is 0 Å². The molecule has 13 heteroatoms. The minimum atomic E-state index is -0.846. The SMILES string of the molecule is COc1cc(/C=N/NC(=O)c2nc(Cl)c(Cl)c(N)c2Cl)cc([N+](=O)[O-])c1O. The Kier molecular flexibility index (Phi) is 6.26. The fraction of sp³-hybridized carbons (Fsp3) is 0.0714. The zero-order valence-electron chi connectivity index (χ0n) is 13.4. The van der Waals surface area contributed by atoms with E-state index < -0.39 is 22.3 Å². The summed E-state index contributed by atoms with van der Waals surface area (Å²) >= 11 is 17.4. The summed E-state index contributed by atoms with van der Waals surface area (Å²) in [4.78, 5) is 26.0. The van der Waals surface area contributed by atoms with E-state index in [-0.39, 0.29) is 37.9 Å². The second-order valence-corrected chi connectivity index (χ2v) is 5.95. The van der Waals surface area contributed by atoms with Crippen molar-refractivity contribution < 1.29 is 19.6 Å². The van der Waals surface area contributed by atoms with Crippen LogP contribution < -0.4 is 15.9 Å². The standard InChI is InChI=1S/C14H10Cl3N5O5/c1-27-7-3-5(2-6(12(7)23)22(25)26)4-19-21-14(24)11-8(15)10(18)9(16)13(17)20-11/h2-4,23H,1H3,(H2,18,20)(H,21,24)/b19-4+. The number of carbonyl (C=O) groups is 1. The molecule has 0 radical (unpaired) electrons. The molecule has 2 rings (SSSR count). The summed E-state index contributed by atoms with van der Waals surface area (Å²) in [7, 11) is 1.23. The number of rotatable bonds is 5. The Morgan fingerprint density at radius 2 is 2.07 bits per heavy atom. The summed E-state index contributed by atoms with van der Waals surface area (Å²) in [6.45, 7) is 0. The zero-order chi connectivity index (χ0) is 20.3. The predicted molar refractivity (Wildman–Crippen MR) is 100 cm³/mol. The number of amides is 1. The van der Waals surface area contributed by atoms with Crippen molar-refractivity contribution >= 4 is 58.3 Å². The molecule has 142 valence electrons. The van der Waals surface area contributed by atoms with Crippen molar-refractivity contribution in [3.8, 4) is 11.5 Å². The molecule has 1 aromatic carbocycles. The van der Waals surface area contributed by atoms with Crippen molar-refractivity contribution in [2.45, 2.75) is 0 Å². The van der Waals surface area contributed by atoms with Gasteiger partial charge in [0.2, 0.25) is 5.75 Å². The number of hydrogen-bond donors (Lipinski definition) is 3. The minimum Gasteiger partial charge on any atom is -0.500 e. The van der Waals surface area contributed by atoms with Crippen LogP contribution in [0.4, 0.5) is 11.4 Å². The first-order chi connectivity index (χ1) is 12.7. The molecule has 0 aliphatic rings. The van der Waals surface area contributed by atoms with E-state index in [9.17, 15) is 20.0 Å². The van der Waals surface area contributed by atoms with E-state index in [1.54, 1.807) is 0 Å². The number of halogens is 3. The molecule has 1 amide bonds. The number of aromatic hydroxyl groups is 1. The Hall–Kier alpha value is -2.82. The van der Waals surface area contributed by atoms with Crippen molar-refractivity contribution in [3.05, 3.63) is 48.7 Å². The van der Waals surface area contributed by atoms with Crippen molar-refractivity contribution in [1.29, 1.82) is 0 Å². The molecule has 0 bridgehead atoms. The van der Waals surface area contributed by atoms with Gasteiger partial charge in [-0.15, -0.1) is 0 Å². The van der Waals surface area contributed by atoms with Gasteiger partial charge in [0.15, 0.2) is 16.6 Å². The Bertz CT molecular complexity index is 967. The summed E-state index contributed by atoms with van der Waals surface area (Å²) in [5.74, 6) is -1.62. The molecule has 0 aliphatic heterocycles. The lowest BCUT2D eigenvalue weighted by molar-refractivity contribution is -0.386. The third-order valence-electron chi connectivity index (χ3n) is 3.16. The Morgan fingerprint density at radius 1 is 1.41 bits per heavy atom. The first-order valence-corrected chi connectivity index (χ1v) is 7.99.